The zero-order valence-corrected chi connectivity index (χ0v) is 16.2. The summed E-state index contributed by atoms with van der Waals surface area (Å²) in [6.45, 7) is 4.96. The Balaban J connectivity index is 1.65. The molecule has 27 heavy (non-hydrogen) atoms. The summed E-state index contributed by atoms with van der Waals surface area (Å²) in [6, 6.07) is 16.0. The lowest BCUT2D eigenvalue weighted by atomic mass is 10.2. The lowest BCUT2D eigenvalue weighted by Gasteiger charge is -2.15. The predicted octanol–water partition coefficient (Wildman–Crippen LogP) is 4.61. The SMILES string of the molecule is CCOCCOc1c(Cl)cccc1NCc1nccn1Cc1ccccc1. The van der Waals surface area contributed by atoms with E-state index in [0.717, 1.165) is 18.1 Å². The number of ether oxygens (including phenoxy) is 2. The minimum absolute atomic E-state index is 0.453. The topological polar surface area (TPSA) is 48.3 Å². The van der Waals surface area contributed by atoms with Gasteiger partial charge in [0.2, 0.25) is 0 Å². The molecular formula is C21H24ClN3O2. The van der Waals surface area contributed by atoms with Gasteiger partial charge in [-0.2, -0.15) is 0 Å². The number of halogens is 1. The van der Waals surface area contributed by atoms with Crippen molar-refractivity contribution in [1.29, 1.82) is 0 Å². The molecule has 142 valence electrons. The molecule has 0 aliphatic rings. The second kappa shape index (κ2) is 10.00. The Bertz CT molecular complexity index is 836. The van der Waals surface area contributed by atoms with Crippen LogP contribution in [0.1, 0.15) is 18.3 Å². The van der Waals surface area contributed by atoms with Crippen LogP contribution in [-0.4, -0.2) is 29.4 Å². The van der Waals surface area contributed by atoms with Crippen LogP contribution in [-0.2, 0) is 17.8 Å². The molecule has 0 atom stereocenters. The van der Waals surface area contributed by atoms with Crippen LogP contribution >= 0.6 is 11.6 Å². The Labute approximate surface area is 164 Å². The Hall–Kier alpha value is -2.50. The number of imidazole rings is 1. The van der Waals surface area contributed by atoms with E-state index in [-0.39, 0.29) is 0 Å². The van der Waals surface area contributed by atoms with Crippen molar-refractivity contribution < 1.29 is 9.47 Å². The summed E-state index contributed by atoms with van der Waals surface area (Å²) in [6.07, 6.45) is 3.80. The minimum atomic E-state index is 0.453. The molecule has 1 N–H and O–H groups in total. The summed E-state index contributed by atoms with van der Waals surface area (Å²) in [7, 11) is 0. The zero-order chi connectivity index (χ0) is 18.9. The van der Waals surface area contributed by atoms with Gasteiger partial charge in [-0.25, -0.2) is 4.98 Å². The van der Waals surface area contributed by atoms with Crippen molar-refractivity contribution in [2.45, 2.75) is 20.0 Å². The fourth-order valence-electron chi connectivity index (χ4n) is 2.75. The highest BCUT2D eigenvalue weighted by atomic mass is 35.5. The number of para-hydroxylation sites is 1. The van der Waals surface area contributed by atoms with E-state index in [2.05, 4.69) is 27.0 Å². The Morgan fingerprint density at radius 3 is 2.74 bits per heavy atom. The molecular weight excluding hydrogens is 362 g/mol. The number of nitrogens with zero attached hydrogens (tertiary/aromatic N) is 2. The molecule has 6 heteroatoms. The van der Waals surface area contributed by atoms with Crippen molar-refractivity contribution in [2.24, 2.45) is 0 Å². The van der Waals surface area contributed by atoms with Crippen molar-refractivity contribution in [3.05, 3.63) is 77.3 Å². The van der Waals surface area contributed by atoms with Crippen LogP contribution in [0.2, 0.25) is 5.02 Å². The molecule has 1 heterocycles. The van der Waals surface area contributed by atoms with Gasteiger partial charge in [0, 0.05) is 25.5 Å². The van der Waals surface area contributed by atoms with Crippen molar-refractivity contribution in [2.75, 3.05) is 25.1 Å². The number of nitrogens with one attached hydrogen (secondary N) is 1. The molecule has 3 aromatic rings. The highest BCUT2D eigenvalue weighted by molar-refractivity contribution is 6.32. The first-order valence-corrected chi connectivity index (χ1v) is 9.42. The quantitative estimate of drug-likeness (QED) is 0.517. The molecule has 0 aliphatic heterocycles. The third kappa shape index (κ3) is 5.49. The zero-order valence-electron chi connectivity index (χ0n) is 15.4. The van der Waals surface area contributed by atoms with E-state index < -0.39 is 0 Å². The van der Waals surface area contributed by atoms with E-state index in [1.165, 1.54) is 5.56 Å². The summed E-state index contributed by atoms with van der Waals surface area (Å²) in [4.78, 5) is 4.47. The van der Waals surface area contributed by atoms with E-state index in [1.54, 1.807) is 0 Å². The van der Waals surface area contributed by atoms with E-state index in [1.807, 2.05) is 55.7 Å². The van der Waals surface area contributed by atoms with Crippen LogP contribution in [0.15, 0.2) is 60.9 Å². The number of aromatic nitrogens is 2. The van der Waals surface area contributed by atoms with Gasteiger partial charge < -0.3 is 19.4 Å². The average molecular weight is 386 g/mol. The fourth-order valence-corrected chi connectivity index (χ4v) is 2.98. The average Bonchev–Trinajstić information content (AvgIpc) is 3.12. The first kappa shape index (κ1) is 19.3. The summed E-state index contributed by atoms with van der Waals surface area (Å²) >= 11 is 6.31. The van der Waals surface area contributed by atoms with Gasteiger partial charge in [-0.05, 0) is 24.6 Å². The molecule has 1 aromatic heterocycles. The highest BCUT2D eigenvalue weighted by Crippen LogP contribution is 2.33. The monoisotopic (exact) mass is 385 g/mol. The molecule has 0 radical (unpaired) electrons. The molecule has 0 bridgehead atoms. The van der Waals surface area contributed by atoms with E-state index >= 15 is 0 Å². The molecule has 0 fully saturated rings. The maximum atomic E-state index is 6.31. The van der Waals surface area contributed by atoms with E-state index in [4.69, 9.17) is 21.1 Å². The molecule has 0 saturated carbocycles. The van der Waals surface area contributed by atoms with Crippen LogP contribution in [0.5, 0.6) is 5.75 Å². The third-order valence-electron chi connectivity index (χ3n) is 4.08. The molecule has 5 nitrogen and oxygen atoms in total. The molecule has 0 spiro atoms. The standard InChI is InChI=1S/C21H24ClN3O2/c1-2-26-13-14-27-21-18(22)9-6-10-19(21)24-15-20-23-11-12-25(20)16-17-7-4-3-5-8-17/h3-12,24H,2,13-16H2,1H3. The normalized spacial score (nSPS) is 10.7. The lowest BCUT2D eigenvalue weighted by Crippen LogP contribution is -2.11. The predicted molar refractivity (Wildman–Crippen MR) is 109 cm³/mol. The first-order chi connectivity index (χ1) is 13.3. The fraction of sp³-hybridized carbons (Fsp3) is 0.286. The van der Waals surface area contributed by atoms with Gasteiger partial charge in [0.15, 0.2) is 5.75 Å². The minimum Gasteiger partial charge on any atom is -0.487 e. The summed E-state index contributed by atoms with van der Waals surface area (Å²) in [5.74, 6) is 1.58. The highest BCUT2D eigenvalue weighted by Gasteiger charge is 2.10. The second-order valence-electron chi connectivity index (χ2n) is 5.97. The Morgan fingerprint density at radius 1 is 1.07 bits per heavy atom. The number of hydrogen-bond donors (Lipinski definition) is 1. The molecule has 0 unspecified atom stereocenters. The van der Waals surface area contributed by atoms with Gasteiger partial charge in [0.25, 0.3) is 0 Å². The molecule has 0 saturated heterocycles. The largest absolute Gasteiger partial charge is 0.487 e. The number of anilines is 1. The summed E-state index contributed by atoms with van der Waals surface area (Å²) in [5.41, 5.74) is 2.08. The summed E-state index contributed by atoms with van der Waals surface area (Å²) < 4.78 is 13.3. The van der Waals surface area contributed by atoms with Crippen molar-refractivity contribution in [3.63, 3.8) is 0 Å². The van der Waals surface area contributed by atoms with Crippen LogP contribution in [0, 0.1) is 0 Å². The van der Waals surface area contributed by atoms with Crippen molar-refractivity contribution >= 4 is 17.3 Å². The van der Waals surface area contributed by atoms with Gasteiger partial charge in [-0.15, -0.1) is 0 Å². The van der Waals surface area contributed by atoms with Crippen LogP contribution < -0.4 is 10.1 Å². The number of hydrogen-bond acceptors (Lipinski definition) is 4. The molecule has 3 rings (SSSR count). The second-order valence-corrected chi connectivity index (χ2v) is 6.38. The van der Waals surface area contributed by atoms with Gasteiger partial charge in [0.1, 0.15) is 12.4 Å². The number of benzene rings is 2. The van der Waals surface area contributed by atoms with Gasteiger partial charge in [-0.3, -0.25) is 0 Å². The Morgan fingerprint density at radius 2 is 1.93 bits per heavy atom. The van der Waals surface area contributed by atoms with Gasteiger partial charge in [0.05, 0.1) is 23.9 Å². The number of rotatable bonds is 10. The van der Waals surface area contributed by atoms with Crippen LogP contribution in [0.25, 0.3) is 0 Å². The first-order valence-electron chi connectivity index (χ1n) is 9.04. The maximum absolute atomic E-state index is 6.31. The lowest BCUT2D eigenvalue weighted by molar-refractivity contribution is 0.110. The Kier molecular flexibility index (Phi) is 7.13. The van der Waals surface area contributed by atoms with Gasteiger partial charge in [-0.1, -0.05) is 48.0 Å². The van der Waals surface area contributed by atoms with Crippen molar-refractivity contribution in [1.82, 2.24) is 9.55 Å². The maximum Gasteiger partial charge on any atom is 0.161 e. The molecule has 0 amide bonds. The van der Waals surface area contributed by atoms with Crippen LogP contribution in [0.4, 0.5) is 5.69 Å². The van der Waals surface area contributed by atoms with Gasteiger partial charge >= 0.3 is 0 Å². The molecule has 2 aromatic carbocycles. The third-order valence-corrected chi connectivity index (χ3v) is 4.38. The summed E-state index contributed by atoms with van der Waals surface area (Å²) in [5, 5.41) is 3.96. The van der Waals surface area contributed by atoms with Crippen molar-refractivity contribution in [3.8, 4) is 5.75 Å². The van der Waals surface area contributed by atoms with E-state index in [9.17, 15) is 0 Å². The molecule has 0 aliphatic carbocycles. The van der Waals surface area contributed by atoms with Crippen LogP contribution in [0.3, 0.4) is 0 Å². The van der Waals surface area contributed by atoms with E-state index in [0.29, 0.717) is 37.1 Å². The smallest absolute Gasteiger partial charge is 0.161 e.